The first-order valence-corrected chi connectivity index (χ1v) is 6.22. The van der Waals surface area contributed by atoms with Gasteiger partial charge in [-0.25, -0.2) is 0 Å². The van der Waals surface area contributed by atoms with Crippen LogP contribution in [-0.4, -0.2) is 24.3 Å². The summed E-state index contributed by atoms with van der Waals surface area (Å²) in [5, 5.41) is 4.61. The van der Waals surface area contributed by atoms with Gasteiger partial charge in [0, 0.05) is 31.1 Å². The summed E-state index contributed by atoms with van der Waals surface area (Å²) in [4.78, 5) is 0. The highest BCUT2D eigenvalue weighted by molar-refractivity contribution is 5.85. The molecule has 1 fully saturated rings. The average Bonchev–Trinajstić information content (AvgIpc) is 2.97. The number of hydrogen-bond donors (Lipinski definition) is 1. The fourth-order valence-electron chi connectivity index (χ4n) is 2.50. The summed E-state index contributed by atoms with van der Waals surface area (Å²) in [6.07, 6.45) is 3.30. The summed E-state index contributed by atoms with van der Waals surface area (Å²) in [6.45, 7) is 3.03. The van der Waals surface area contributed by atoms with Crippen LogP contribution in [0.15, 0.2) is 30.5 Å². The molecule has 3 heteroatoms. The number of fused-ring (bicyclic) bond motifs is 1. The summed E-state index contributed by atoms with van der Waals surface area (Å²) in [6, 6.07) is 8.37. The Morgan fingerprint density at radius 3 is 3.18 bits per heavy atom. The standard InChI is InChI=1S/C14H18N2O/c1-16-8-6-12-3-2-4-13(14(12)16)17-10-11-5-7-15-9-11/h2-4,6,8,11,15H,5,7,9-10H2,1H3. The Bertz CT molecular complexity index is 512. The van der Waals surface area contributed by atoms with Crippen molar-refractivity contribution < 1.29 is 4.74 Å². The van der Waals surface area contributed by atoms with Gasteiger partial charge >= 0.3 is 0 Å². The highest BCUT2D eigenvalue weighted by Gasteiger charge is 2.15. The number of nitrogens with one attached hydrogen (secondary N) is 1. The minimum absolute atomic E-state index is 0.658. The largest absolute Gasteiger partial charge is 0.491 e. The van der Waals surface area contributed by atoms with Crippen molar-refractivity contribution in [3.63, 3.8) is 0 Å². The molecule has 1 unspecified atom stereocenters. The molecule has 0 bridgehead atoms. The van der Waals surface area contributed by atoms with Gasteiger partial charge in [-0.05, 0) is 25.1 Å². The van der Waals surface area contributed by atoms with Gasteiger partial charge in [0.1, 0.15) is 5.75 Å². The van der Waals surface area contributed by atoms with E-state index in [1.807, 2.05) is 0 Å². The van der Waals surface area contributed by atoms with Crippen molar-refractivity contribution in [2.24, 2.45) is 13.0 Å². The smallest absolute Gasteiger partial charge is 0.143 e. The molecule has 90 valence electrons. The second-order valence-electron chi connectivity index (χ2n) is 4.79. The van der Waals surface area contributed by atoms with Crippen LogP contribution in [0.3, 0.4) is 0 Å². The predicted molar refractivity (Wildman–Crippen MR) is 69.4 cm³/mol. The first kappa shape index (κ1) is 10.7. The lowest BCUT2D eigenvalue weighted by Crippen LogP contribution is -2.15. The lowest BCUT2D eigenvalue weighted by atomic mass is 10.1. The van der Waals surface area contributed by atoms with Crippen LogP contribution >= 0.6 is 0 Å². The molecular formula is C14H18N2O. The van der Waals surface area contributed by atoms with Crippen LogP contribution in [0.2, 0.25) is 0 Å². The van der Waals surface area contributed by atoms with Gasteiger partial charge in [-0.3, -0.25) is 0 Å². The van der Waals surface area contributed by atoms with Crippen LogP contribution in [0.4, 0.5) is 0 Å². The topological polar surface area (TPSA) is 26.2 Å². The third-order valence-electron chi connectivity index (χ3n) is 3.50. The van der Waals surface area contributed by atoms with Crippen molar-refractivity contribution >= 4 is 10.9 Å². The van der Waals surface area contributed by atoms with Crippen molar-refractivity contribution in [1.29, 1.82) is 0 Å². The predicted octanol–water partition coefficient (Wildman–Crippen LogP) is 2.17. The zero-order valence-electron chi connectivity index (χ0n) is 10.1. The molecule has 1 aromatic carbocycles. The molecular weight excluding hydrogens is 212 g/mol. The Hall–Kier alpha value is -1.48. The van der Waals surface area contributed by atoms with E-state index in [9.17, 15) is 0 Å². The van der Waals surface area contributed by atoms with Gasteiger partial charge in [0.05, 0.1) is 12.1 Å². The summed E-state index contributed by atoms with van der Waals surface area (Å²) in [7, 11) is 2.06. The zero-order chi connectivity index (χ0) is 11.7. The van der Waals surface area contributed by atoms with Crippen molar-refractivity contribution in [3.05, 3.63) is 30.5 Å². The van der Waals surface area contributed by atoms with Gasteiger partial charge in [-0.1, -0.05) is 12.1 Å². The van der Waals surface area contributed by atoms with Crippen LogP contribution < -0.4 is 10.1 Å². The quantitative estimate of drug-likeness (QED) is 0.874. The van der Waals surface area contributed by atoms with Gasteiger partial charge in [-0.15, -0.1) is 0 Å². The molecule has 3 rings (SSSR count). The molecule has 1 aliphatic heterocycles. The summed E-state index contributed by atoms with van der Waals surface area (Å²) in [5.74, 6) is 1.66. The van der Waals surface area contributed by atoms with Crippen LogP contribution in [0.25, 0.3) is 10.9 Å². The van der Waals surface area contributed by atoms with Gasteiger partial charge in [0.2, 0.25) is 0 Å². The molecule has 0 aliphatic carbocycles. The molecule has 0 saturated carbocycles. The van der Waals surface area contributed by atoms with Crippen LogP contribution in [0.5, 0.6) is 5.75 Å². The van der Waals surface area contributed by atoms with E-state index in [0.29, 0.717) is 5.92 Å². The molecule has 2 aromatic rings. The molecule has 0 radical (unpaired) electrons. The molecule has 0 amide bonds. The molecule has 1 N–H and O–H groups in total. The van der Waals surface area contributed by atoms with Gasteiger partial charge in [-0.2, -0.15) is 0 Å². The monoisotopic (exact) mass is 230 g/mol. The fourth-order valence-corrected chi connectivity index (χ4v) is 2.50. The number of ether oxygens (including phenoxy) is 1. The molecule has 1 aliphatic rings. The summed E-state index contributed by atoms with van der Waals surface area (Å²) >= 11 is 0. The highest BCUT2D eigenvalue weighted by Crippen LogP contribution is 2.26. The number of hydrogen-bond acceptors (Lipinski definition) is 2. The maximum absolute atomic E-state index is 5.98. The first-order valence-electron chi connectivity index (χ1n) is 6.22. The van der Waals surface area contributed by atoms with Gasteiger partial charge < -0.3 is 14.6 Å². The number of nitrogens with zero attached hydrogens (tertiary/aromatic N) is 1. The lowest BCUT2D eigenvalue weighted by molar-refractivity contribution is 0.262. The Balaban J connectivity index is 1.81. The maximum atomic E-state index is 5.98. The Morgan fingerprint density at radius 1 is 1.41 bits per heavy atom. The number of para-hydroxylation sites is 1. The van der Waals surface area contributed by atoms with Crippen LogP contribution in [-0.2, 0) is 7.05 Å². The highest BCUT2D eigenvalue weighted by atomic mass is 16.5. The van der Waals surface area contributed by atoms with Crippen molar-refractivity contribution in [1.82, 2.24) is 9.88 Å². The van der Waals surface area contributed by atoms with E-state index in [1.165, 1.54) is 17.3 Å². The van der Waals surface area contributed by atoms with E-state index in [-0.39, 0.29) is 0 Å². The van der Waals surface area contributed by atoms with Crippen molar-refractivity contribution in [2.75, 3.05) is 19.7 Å². The van der Waals surface area contributed by atoms with Crippen molar-refractivity contribution in [2.45, 2.75) is 6.42 Å². The molecule has 1 aromatic heterocycles. The van der Waals surface area contributed by atoms with E-state index in [1.54, 1.807) is 0 Å². The van der Waals surface area contributed by atoms with E-state index in [0.717, 1.165) is 25.4 Å². The van der Waals surface area contributed by atoms with Gasteiger partial charge in [0.15, 0.2) is 0 Å². The third-order valence-corrected chi connectivity index (χ3v) is 3.50. The lowest BCUT2D eigenvalue weighted by Gasteiger charge is -2.12. The Morgan fingerprint density at radius 2 is 2.35 bits per heavy atom. The minimum atomic E-state index is 0.658. The SMILES string of the molecule is Cn1ccc2cccc(OCC3CCNC3)c21. The average molecular weight is 230 g/mol. The second-order valence-corrected chi connectivity index (χ2v) is 4.79. The van der Waals surface area contributed by atoms with E-state index >= 15 is 0 Å². The molecule has 0 spiro atoms. The summed E-state index contributed by atoms with van der Waals surface area (Å²) < 4.78 is 8.10. The van der Waals surface area contributed by atoms with Crippen LogP contribution in [0, 0.1) is 5.92 Å². The van der Waals surface area contributed by atoms with E-state index < -0.39 is 0 Å². The number of benzene rings is 1. The third kappa shape index (κ3) is 2.03. The normalized spacial score (nSPS) is 19.9. The number of aromatic nitrogens is 1. The molecule has 17 heavy (non-hydrogen) atoms. The second kappa shape index (κ2) is 4.41. The first-order chi connectivity index (χ1) is 8.34. The van der Waals surface area contributed by atoms with E-state index in [2.05, 4.69) is 47.4 Å². The molecule has 3 nitrogen and oxygen atoms in total. The number of rotatable bonds is 3. The minimum Gasteiger partial charge on any atom is -0.491 e. The molecule has 1 atom stereocenters. The fraction of sp³-hybridized carbons (Fsp3) is 0.429. The Kier molecular flexibility index (Phi) is 2.77. The molecule has 2 heterocycles. The zero-order valence-corrected chi connectivity index (χ0v) is 10.1. The molecule has 1 saturated heterocycles. The number of aryl methyl sites for hydroxylation is 1. The van der Waals surface area contributed by atoms with Crippen molar-refractivity contribution in [3.8, 4) is 5.75 Å². The van der Waals surface area contributed by atoms with Crippen LogP contribution in [0.1, 0.15) is 6.42 Å². The van der Waals surface area contributed by atoms with E-state index in [4.69, 9.17) is 4.74 Å². The summed E-state index contributed by atoms with van der Waals surface area (Å²) in [5.41, 5.74) is 1.19. The Labute approximate surface area is 101 Å². The van der Waals surface area contributed by atoms with Gasteiger partial charge in [0.25, 0.3) is 0 Å². The maximum Gasteiger partial charge on any atom is 0.143 e.